The van der Waals surface area contributed by atoms with Gasteiger partial charge < -0.3 is 10.5 Å². The van der Waals surface area contributed by atoms with Crippen LogP contribution < -0.4 is 10.5 Å². The van der Waals surface area contributed by atoms with E-state index in [1.165, 1.54) is 6.07 Å². The fraction of sp³-hybridized carbons (Fsp3) is 0.238. The maximum Gasteiger partial charge on any atom is 0.159 e. The van der Waals surface area contributed by atoms with Crippen LogP contribution in [-0.4, -0.2) is 28.5 Å². The number of hydrogen-bond donors (Lipinski definition) is 1. The van der Waals surface area contributed by atoms with Crippen LogP contribution in [0.2, 0.25) is 0 Å². The Labute approximate surface area is 157 Å². The standard InChI is InChI=1S/C21H21FN4O/c1-27-20-4-2-3-18(22)17(20)13-26-10-9-19-15(12-26)11-24-21(25-19)14-5-7-16(23)8-6-14/h2-8,11H,9-10,12-13,23H2,1H3. The first-order chi connectivity index (χ1) is 13.1. The topological polar surface area (TPSA) is 64.3 Å². The van der Waals surface area contributed by atoms with Gasteiger partial charge in [0.25, 0.3) is 0 Å². The normalized spacial score (nSPS) is 14.0. The Balaban J connectivity index is 1.53. The number of ether oxygens (including phenoxy) is 1. The molecule has 0 fully saturated rings. The average molecular weight is 364 g/mol. The molecule has 0 spiro atoms. The first-order valence-electron chi connectivity index (χ1n) is 8.88. The molecule has 0 saturated heterocycles. The molecule has 0 aliphatic carbocycles. The molecule has 5 nitrogen and oxygen atoms in total. The van der Waals surface area contributed by atoms with E-state index in [1.54, 1.807) is 19.2 Å². The van der Waals surface area contributed by atoms with Gasteiger partial charge in [0.1, 0.15) is 11.6 Å². The minimum absolute atomic E-state index is 0.241. The smallest absolute Gasteiger partial charge is 0.159 e. The van der Waals surface area contributed by atoms with Crippen molar-refractivity contribution in [2.45, 2.75) is 19.5 Å². The molecule has 0 atom stereocenters. The van der Waals surface area contributed by atoms with Crippen LogP contribution in [0.3, 0.4) is 0 Å². The molecule has 3 aromatic rings. The van der Waals surface area contributed by atoms with Gasteiger partial charge in [0.15, 0.2) is 5.82 Å². The number of rotatable bonds is 4. The van der Waals surface area contributed by atoms with Crippen LogP contribution in [0.5, 0.6) is 5.75 Å². The highest BCUT2D eigenvalue weighted by molar-refractivity contribution is 5.58. The van der Waals surface area contributed by atoms with E-state index in [9.17, 15) is 4.39 Å². The van der Waals surface area contributed by atoms with Crippen molar-refractivity contribution in [3.63, 3.8) is 0 Å². The van der Waals surface area contributed by atoms with Crippen LogP contribution in [-0.2, 0) is 19.5 Å². The Morgan fingerprint density at radius 2 is 2.00 bits per heavy atom. The lowest BCUT2D eigenvalue weighted by Crippen LogP contribution is -2.31. The van der Waals surface area contributed by atoms with E-state index in [0.717, 1.165) is 35.5 Å². The highest BCUT2D eigenvalue weighted by atomic mass is 19.1. The zero-order valence-corrected chi connectivity index (χ0v) is 15.2. The molecule has 1 aromatic heterocycles. The third-order valence-electron chi connectivity index (χ3n) is 4.86. The first-order valence-corrected chi connectivity index (χ1v) is 8.88. The molecule has 0 radical (unpaired) electrons. The monoisotopic (exact) mass is 364 g/mol. The molecule has 27 heavy (non-hydrogen) atoms. The van der Waals surface area contributed by atoms with Gasteiger partial charge in [-0.1, -0.05) is 6.07 Å². The zero-order chi connectivity index (χ0) is 18.8. The number of nitrogens with two attached hydrogens (primary N) is 1. The summed E-state index contributed by atoms with van der Waals surface area (Å²) < 4.78 is 19.5. The second-order valence-electron chi connectivity index (χ2n) is 6.67. The summed E-state index contributed by atoms with van der Waals surface area (Å²) in [7, 11) is 1.57. The Morgan fingerprint density at radius 3 is 2.78 bits per heavy atom. The Morgan fingerprint density at radius 1 is 1.19 bits per heavy atom. The molecule has 1 aliphatic rings. The second-order valence-corrected chi connectivity index (χ2v) is 6.67. The Hall–Kier alpha value is -2.99. The summed E-state index contributed by atoms with van der Waals surface area (Å²) in [5.41, 5.74) is 10.1. The van der Waals surface area contributed by atoms with Crippen LogP contribution in [0.1, 0.15) is 16.8 Å². The molecule has 0 unspecified atom stereocenters. The van der Waals surface area contributed by atoms with Crippen molar-refractivity contribution in [3.05, 3.63) is 71.3 Å². The summed E-state index contributed by atoms with van der Waals surface area (Å²) in [6, 6.07) is 12.5. The number of anilines is 1. The van der Waals surface area contributed by atoms with Crippen molar-refractivity contribution in [1.29, 1.82) is 0 Å². The number of hydrogen-bond acceptors (Lipinski definition) is 5. The third-order valence-corrected chi connectivity index (χ3v) is 4.86. The van der Waals surface area contributed by atoms with Gasteiger partial charge >= 0.3 is 0 Å². The predicted octanol–water partition coefficient (Wildman–Crippen LogP) is 3.43. The van der Waals surface area contributed by atoms with Crippen molar-refractivity contribution in [1.82, 2.24) is 14.9 Å². The first kappa shape index (κ1) is 17.4. The van der Waals surface area contributed by atoms with Crippen molar-refractivity contribution in [2.75, 3.05) is 19.4 Å². The number of aromatic nitrogens is 2. The molecule has 0 amide bonds. The summed E-state index contributed by atoms with van der Waals surface area (Å²) in [6.45, 7) is 1.99. The Kier molecular flexibility index (Phi) is 4.73. The number of nitrogens with zero attached hydrogens (tertiary/aromatic N) is 3. The fourth-order valence-electron chi connectivity index (χ4n) is 3.39. The van der Waals surface area contributed by atoms with E-state index in [1.807, 2.05) is 30.5 Å². The van der Waals surface area contributed by atoms with Crippen molar-refractivity contribution >= 4 is 5.69 Å². The summed E-state index contributed by atoms with van der Waals surface area (Å²) in [6.07, 6.45) is 2.68. The maximum absolute atomic E-state index is 14.2. The number of methoxy groups -OCH3 is 1. The molecule has 2 aromatic carbocycles. The van der Waals surface area contributed by atoms with E-state index in [0.29, 0.717) is 30.2 Å². The Bertz CT molecular complexity index is 959. The summed E-state index contributed by atoms with van der Waals surface area (Å²) >= 11 is 0. The van der Waals surface area contributed by atoms with E-state index >= 15 is 0 Å². The van der Waals surface area contributed by atoms with Gasteiger partial charge in [-0.25, -0.2) is 14.4 Å². The second kappa shape index (κ2) is 7.32. The quantitative estimate of drug-likeness (QED) is 0.719. The fourth-order valence-corrected chi connectivity index (χ4v) is 3.39. The third kappa shape index (κ3) is 3.61. The van der Waals surface area contributed by atoms with E-state index < -0.39 is 0 Å². The lowest BCUT2D eigenvalue weighted by Gasteiger charge is -2.28. The lowest BCUT2D eigenvalue weighted by molar-refractivity contribution is 0.235. The predicted molar refractivity (Wildman–Crippen MR) is 103 cm³/mol. The molecule has 1 aliphatic heterocycles. The van der Waals surface area contributed by atoms with Crippen molar-refractivity contribution in [3.8, 4) is 17.1 Å². The highest BCUT2D eigenvalue weighted by Gasteiger charge is 2.21. The molecule has 4 rings (SSSR count). The number of fused-ring (bicyclic) bond motifs is 1. The molecule has 0 bridgehead atoms. The van der Waals surface area contributed by atoms with Gasteiger partial charge in [0, 0.05) is 54.6 Å². The van der Waals surface area contributed by atoms with Crippen LogP contribution in [0.4, 0.5) is 10.1 Å². The number of halogens is 1. The van der Waals surface area contributed by atoms with Gasteiger partial charge in [-0.05, 0) is 36.4 Å². The van der Waals surface area contributed by atoms with Gasteiger partial charge in [0.2, 0.25) is 0 Å². The maximum atomic E-state index is 14.2. The molecule has 6 heteroatoms. The summed E-state index contributed by atoms with van der Waals surface area (Å²) in [5, 5.41) is 0. The molecule has 138 valence electrons. The van der Waals surface area contributed by atoms with Crippen LogP contribution in [0, 0.1) is 5.82 Å². The van der Waals surface area contributed by atoms with Crippen LogP contribution in [0.15, 0.2) is 48.7 Å². The summed E-state index contributed by atoms with van der Waals surface area (Å²) in [5.74, 6) is 1.05. The SMILES string of the molecule is COc1cccc(F)c1CN1CCc2nc(-c3ccc(N)cc3)ncc2C1. The minimum atomic E-state index is -0.241. The molecule has 0 saturated carbocycles. The molecule has 2 N–H and O–H groups in total. The number of nitrogen functional groups attached to an aromatic ring is 1. The molecular weight excluding hydrogens is 343 g/mol. The van der Waals surface area contributed by atoms with Crippen LogP contribution >= 0.6 is 0 Å². The number of benzene rings is 2. The van der Waals surface area contributed by atoms with Gasteiger partial charge in [0.05, 0.1) is 12.8 Å². The average Bonchev–Trinajstić information content (AvgIpc) is 2.69. The lowest BCUT2D eigenvalue weighted by atomic mass is 10.1. The minimum Gasteiger partial charge on any atom is -0.496 e. The zero-order valence-electron chi connectivity index (χ0n) is 15.2. The van der Waals surface area contributed by atoms with E-state index in [-0.39, 0.29) is 5.82 Å². The van der Waals surface area contributed by atoms with Crippen LogP contribution in [0.25, 0.3) is 11.4 Å². The van der Waals surface area contributed by atoms with Gasteiger partial charge in [-0.3, -0.25) is 4.90 Å². The van der Waals surface area contributed by atoms with Crippen molar-refractivity contribution < 1.29 is 9.13 Å². The summed E-state index contributed by atoms with van der Waals surface area (Å²) in [4.78, 5) is 11.4. The van der Waals surface area contributed by atoms with Gasteiger partial charge in [-0.15, -0.1) is 0 Å². The molecular formula is C21H21FN4O. The van der Waals surface area contributed by atoms with E-state index in [4.69, 9.17) is 15.5 Å². The van der Waals surface area contributed by atoms with Crippen molar-refractivity contribution in [2.24, 2.45) is 0 Å². The van der Waals surface area contributed by atoms with Gasteiger partial charge in [-0.2, -0.15) is 0 Å². The molecule has 2 heterocycles. The largest absolute Gasteiger partial charge is 0.496 e. The van der Waals surface area contributed by atoms with E-state index in [2.05, 4.69) is 9.88 Å². The highest BCUT2D eigenvalue weighted by Crippen LogP contribution is 2.26.